The Morgan fingerprint density at radius 3 is 2.46 bits per heavy atom. The van der Waals surface area contributed by atoms with Gasteiger partial charge in [0, 0.05) is 6.54 Å². The van der Waals surface area contributed by atoms with Crippen molar-refractivity contribution in [1.29, 1.82) is 0 Å². The van der Waals surface area contributed by atoms with Gasteiger partial charge in [-0.3, -0.25) is 4.79 Å². The number of halogens is 3. The SMILES string of the molecule is CC(C)CC(OC(=O)c1nsc(Cl)c1Cl)C(=O)NCc1ccc(F)cc1. The molecule has 1 unspecified atom stereocenters. The van der Waals surface area contributed by atoms with Crippen molar-refractivity contribution in [2.75, 3.05) is 0 Å². The summed E-state index contributed by atoms with van der Waals surface area (Å²) >= 11 is 12.6. The minimum absolute atomic E-state index is 0.0108. The lowest BCUT2D eigenvalue weighted by Gasteiger charge is -2.19. The van der Waals surface area contributed by atoms with Gasteiger partial charge in [0.05, 0.1) is 0 Å². The van der Waals surface area contributed by atoms with Crippen LogP contribution in [0.5, 0.6) is 0 Å². The molecule has 0 radical (unpaired) electrons. The standard InChI is InChI=1S/C17H17Cl2FN2O3S/c1-9(2)7-12(25-17(24)14-13(18)15(19)26-22-14)16(23)21-8-10-3-5-11(20)6-4-10/h3-6,9,12H,7-8H2,1-2H3,(H,21,23). The van der Waals surface area contributed by atoms with Crippen LogP contribution in [0.1, 0.15) is 36.3 Å². The van der Waals surface area contributed by atoms with Gasteiger partial charge in [-0.1, -0.05) is 49.2 Å². The molecule has 2 rings (SSSR count). The smallest absolute Gasteiger partial charge is 0.360 e. The number of carbonyl (C=O) groups is 2. The Hall–Kier alpha value is -1.70. The third-order valence-corrected chi connectivity index (χ3v) is 5.01. The van der Waals surface area contributed by atoms with E-state index in [0.717, 1.165) is 17.1 Å². The van der Waals surface area contributed by atoms with Gasteiger partial charge in [0.2, 0.25) is 0 Å². The molecule has 0 fully saturated rings. The summed E-state index contributed by atoms with van der Waals surface area (Å²) in [6, 6.07) is 5.74. The summed E-state index contributed by atoms with van der Waals surface area (Å²) in [4.78, 5) is 24.7. The van der Waals surface area contributed by atoms with Crippen LogP contribution >= 0.6 is 34.7 Å². The van der Waals surface area contributed by atoms with Crippen molar-refractivity contribution in [3.8, 4) is 0 Å². The van der Waals surface area contributed by atoms with E-state index in [1.807, 2.05) is 13.8 Å². The predicted molar refractivity (Wildman–Crippen MR) is 99.0 cm³/mol. The molecule has 1 atom stereocenters. The van der Waals surface area contributed by atoms with Gasteiger partial charge >= 0.3 is 5.97 Å². The summed E-state index contributed by atoms with van der Waals surface area (Å²) in [6.45, 7) is 4.00. The van der Waals surface area contributed by atoms with Crippen LogP contribution in [0, 0.1) is 11.7 Å². The Morgan fingerprint density at radius 1 is 1.27 bits per heavy atom. The molecule has 0 saturated carbocycles. The molecule has 140 valence electrons. The number of rotatable bonds is 7. The molecule has 0 bridgehead atoms. The highest BCUT2D eigenvalue weighted by Gasteiger charge is 2.27. The Kier molecular flexibility index (Phi) is 7.37. The Labute approximate surface area is 164 Å². The lowest BCUT2D eigenvalue weighted by Crippen LogP contribution is -2.38. The summed E-state index contributed by atoms with van der Waals surface area (Å²) in [6.07, 6.45) is -0.671. The van der Waals surface area contributed by atoms with Crippen LogP contribution in [0.25, 0.3) is 0 Å². The lowest BCUT2D eigenvalue weighted by molar-refractivity contribution is -0.131. The first-order chi connectivity index (χ1) is 12.3. The highest BCUT2D eigenvalue weighted by atomic mass is 35.5. The Balaban J connectivity index is 2.03. The van der Waals surface area contributed by atoms with E-state index in [-0.39, 0.29) is 33.3 Å². The second-order valence-corrected chi connectivity index (χ2v) is 7.74. The molecule has 1 heterocycles. The van der Waals surface area contributed by atoms with E-state index < -0.39 is 18.0 Å². The summed E-state index contributed by atoms with van der Waals surface area (Å²) in [5.41, 5.74) is 0.616. The number of benzene rings is 1. The number of hydrogen-bond donors (Lipinski definition) is 1. The zero-order valence-electron chi connectivity index (χ0n) is 14.1. The van der Waals surface area contributed by atoms with Gasteiger partial charge in [-0.15, -0.1) is 0 Å². The van der Waals surface area contributed by atoms with Crippen LogP contribution in [0.15, 0.2) is 24.3 Å². The highest BCUT2D eigenvalue weighted by Crippen LogP contribution is 2.30. The van der Waals surface area contributed by atoms with Gasteiger partial charge in [0.15, 0.2) is 11.8 Å². The molecule has 0 spiro atoms. The maximum absolute atomic E-state index is 12.9. The molecule has 0 saturated heterocycles. The summed E-state index contributed by atoms with van der Waals surface area (Å²) in [5, 5.41) is 2.70. The van der Waals surface area contributed by atoms with E-state index in [9.17, 15) is 14.0 Å². The molecule has 5 nitrogen and oxygen atoms in total. The number of esters is 1. The average molecular weight is 419 g/mol. The van der Waals surface area contributed by atoms with Crippen molar-refractivity contribution in [1.82, 2.24) is 9.69 Å². The van der Waals surface area contributed by atoms with Gasteiger partial charge in [-0.2, -0.15) is 4.37 Å². The third-order valence-electron chi connectivity index (χ3n) is 3.40. The van der Waals surface area contributed by atoms with E-state index in [4.69, 9.17) is 27.9 Å². The second kappa shape index (κ2) is 9.30. The third kappa shape index (κ3) is 5.65. The van der Waals surface area contributed by atoms with Gasteiger partial charge < -0.3 is 10.1 Å². The maximum atomic E-state index is 12.9. The minimum Gasteiger partial charge on any atom is -0.447 e. The Morgan fingerprint density at radius 2 is 1.92 bits per heavy atom. The topological polar surface area (TPSA) is 68.3 Å². The molecule has 0 aliphatic carbocycles. The van der Waals surface area contributed by atoms with E-state index in [1.165, 1.54) is 12.1 Å². The van der Waals surface area contributed by atoms with Crippen molar-refractivity contribution >= 4 is 46.6 Å². The average Bonchev–Trinajstić information content (AvgIpc) is 2.92. The molecule has 2 aromatic rings. The fourth-order valence-corrected chi connectivity index (χ4v) is 3.09. The fourth-order valence-electron chi connectivity index (χ4n) is 2.11. The first kappa shape index (κ1) is 20.6. The van der Waals surface area contributed by atoms with Crippen LogP contribution in [-0.4, -0.2) is 22.4 Å². The lowest BCUT2D eigenvalue weighted by atomic mass is 10.1. The van der Waals surface area contributed by atoms with Crippen molar-refractivity contribution < 1.29 is 18.7 Å². The predicted octanol–water partition coefficient (Wildman–Crippen LogP) is 4.48. The zero-order valence-corrected chi connectivity index (χ0v) is 16.4. The molecular formula is C17H17Cl2FN2O3S. The van der Waals surface area contributed by atoms with Crippen molar-refractivity contribution in [2.45, 2.75) is 32.9 Å². The molecule has 1 amide bonds. The summed E-state index contributed by atoms with van der Waals surface area (Å²) in [5.74, 6) is -1.50. The van der Waals surface area contributed by atoms with Crippen LogP contribution in [-0.2, 0) is 16.1 Å². The van der Waals surface area contributed by atoms with Crippen molar-refractivity contribution in [2.24, 2.45) is 5.92 Å². The molecular weight excluding hydrogens is 402 g/mol. The van der Waals surface area contributed by atoms with E-state index >= 15 is 0 Å². The second-order valence-electron chi connectivity index (χ2n) is 5.99. The number of nitrogens with one attached hydrogen (secondary N) is 1. The maximum Gasteiger partial charge on any atom is 0.360 e. The van der Waals surface area contributed by atoms with Crippen LogP contribution in [0.4, 0.5) is 4.39 Å². The first-order valence-corrected chi connectivity index (χ1v) is 9.34. The van der Waals surface area contributed by atoms with Crippen LogP contribution < -0.4 is 5.32 Å². The van der Waals surface area contributed by atoms with Gasteiger partial charge in [-0.25, -0.2) is 9.18 Å². The molecule has 1 N–H and O–H groups in total. The monoisotopic (exact) mass is 418 g/mol. The first-order valence-electron chi connectivity index (χ1n) is 7.81. The number of nitrogens with zero attached hydrogens (tertiary/aromatic N) is 1. The fraction of sp³-hybridized carbons (Fsp3) is 0.353. The Bertz CT molecular complexity index is 781. The molecule has 1 aromatic heterocycles. The van der Waals surface area contributed by atoms with Gasteiger partial charge in [-0.05, 0) is 41.6 Å². The summed E-state index contributed by atoms with van der Waals surface area (Å²) in [7, 11) is 0. The number of carbonyl (C=O) groups excluding carboxylic acids is 2. The molecule has 9 heteroatoms. The number of ether oxygens (including phenoxy) is 1. The number of amides is 1. The molecule has 0 aliphatic heterocycles. The van der Waals surface area contributed by atoms with E-state index in [1.54, 1.807) is 12.1 Å². The van der Waals surface area contributed by atoms with Crippen LogP contribution in [0.2, 0.25) is 9.36 Å². The quantitative estimate of drug-likeness (QED) is 0.673. The normalized spacial score (nSPS) is 12.1. The number of aromatic nitrogens is 1. The molecule has 0 aliphatic rings. The van der Waals surface area contributed by atoms with Crippen molar-refractivity contribution in [3.05, 3.63) is 50.7 Å². The van der Waals surface area contributed by atoms with E-state index in [0.29, 0.717) is 6.42 Å². The van der Waals surface area contributed by atoms with Crippen LogP contribution in [0.3, 0.4) is 0 Å². The largest absolute Gasteiger partial charge is 0.447 e. The highest BCUT2D eigenvalue weighted by molar-refractivity contribution is 7.11. The van der Waals surface area contributed by atoms with Gasteiger partial charge in [0.1, 0.15) is 15.2 Å². The van der Waals surface area contributed by atoms with Gasteiger partial charge in [0.25, 0.3) is 5.91 Å². The van der Waals surface area contributed by atoms with E-state index in [2.05, 4.69) is 9.69 Å². The van der Waals surface area contributed by atoms with Crippen molar-refractivity contribution in [3.63, 3.8) is 0 Å². The molecule has 1 aromatic carbocycles. The zero-order chi connectivity index (χ0) is 19.3. The minimum atomic E-state index is -1.00. The summed E-state index contributed by atoms with van der Waals surface area (Å²) < 4.78 is 22.3. The number of hydrogen-bond acceptors (Lipinski definition) is 5. The molecule has 26 heavy (non-hydrogen) atoms.